The van der Waals surface area contributed by atoms with Crippen LogP contribution in [0, 0.1) is 5.82 Å². The Morgan fingerprint density at radius 1 is 0.403 bits per heavy atom. The minimum atomic E-state index is -3.76. The second kappa shape index (κ2) is 44.0. The molecular weight excluding hydrogens is 1960 g/mol. The molecule has 3 aliphatic rings. The molecule has 8 aromatic heterocycles. The summed E-state index contributed by atoms with van der Waals surface area (Å²) >= 11 is 30.4. The minimum Gasteiger partial charge on any atom is -0.480 e. The van der Waals surface area contributed by atoms with Gasteiger partial charge in [-0.05, 0) is 212 Å². The fourth-order valence-electron chi connectivity index (χ4n) is 15.3. The van der Waals surface area contributed by atoms with Gasteiger partial charge in [0.1, 0.15) is 28.0 Å². The van der Waals surface area contributed by atoms with Crippen molar-refractivity contribution < 1.29 is 57.0 Å². The molecule has 0 atom stereocenters. The number of sulfonamides is 2. The second-order valence-electron chi connectivity index (χ2n) is 32.6. The highest BCUT2D eigenvalue weighted by molar-refractivity contribution is 7.93. The van der Waals surface area contributed by atoms with Gasteiger partial charge in [0.15, 0.2) is 9.84 Å². The number of aromatic nitrogens is 8. The van der Waals surface area contributed by atoms with Crippen LogP contribution >= 0.6 is 58.0 Å². The van der Waals surface area contributed by atoms with Crippen LogP contribution in [0.15, 0.2) is 262 Å². The van der Waals surface area contributed by atoms with Gasteiger partial charge >= 0.3 is 10.2 Å². The number of nitrogens with one attached hydrogen (secondary N) is 7. The lowest BCUT2D eigenvalue weighted by Crippen LogP contribution is -2.48. The molecule has 716 valence electrons. The smallest absolute Gasteiger partial charge is 0.301 e. The SMILES string of the molecule is COc1ncc(-c2ccc3nccc(Nc4cccc(Cl)c4)c3c2)cc1NS(=O)(=O)C1CC1.COc1ncc(-c2ccc3nccc(Nc4cccc(Cl)c4)c3c2)cc1NS(=O)(=O)CCN1CCOCC1.COc1ncc(-c2ccc3nccc(Nc4cccc(Cl)c4)c3c2)cc1NS(=O)(=O)N1CCN(C)CC1.CS(=O)(=O)Cc1cc(-c2ccc3nccc(Nc4ccc(F)c(Cl)c4)c3c2)cnc1Cl. The Bertz CT molecular complexity index is 7760. The Hall–Kier alpha value is -13.0. The number of ether oxygens (including phenoxy) is 4. The lowest BCUT2D eigenvalue weighted by Gasteiger charge is -2.31. The fourth-order valence-corrected chi connectivity index (χ4v) is 20.8. The summed E-state index contributed by atoms with van der Waals surface area (Å²) in [7, 11) is -7.74. The number of nitrogens with zero attached hydrogens (tertiary/aromatic N) is 11. The zero-order chi connectivity index (χ0) is 97.7. The molecule has 0 unspecified atom stereocenters. The average Bonchev–Trinajstić information content (AvgIpc) is 1.66. The van der Waals surface area contributed by atoms with Crippen molar-refractivity contribution in [3.05, 3.63) is 299 Å². The Labute approximate surface area is 828 Å². The maximum absolute atomic E-state index is 13.5. The molecule has 2 saturated heterocycles. The molecule has 40 heteroatoms. The van der Waals surface area contributed by atoms with Crippen LogP contribution in [0.1, 0.15) is 18.4 Å². The molecule has 0 amide bonds. The van der Waals surface area contributed by atoms with Crippen LogP contribution in [0.3, 0.4) is 0 Å². The topological polar surface area (TPSA) is 371 Å². The van der Waals surface area contributed by atoms with Crippen molar-refractivity contribution in [3.63, 3.8) is 0 Å². The highest BCUT2D eigenvalue weighted by Gasteiger charge is 2.37. The molecule has 1 saturated carbocycles. The van der Waals surface area contributed by atoms with E-state index in [4.69, 9.17) is 77.0 Å². The quantitative estimate of drug-likeness (QED) is 0.0224. The van der Waals surface area contributed by atoms with Crippen LogP contribution in [0.25, 0.3) is 88.1 Å². The molecule has 19 rings (SSSR count). The maximum Gasteiger partial charge on any atom is 0.301 e. The zero-order valence-corrected chi connectivity index (χ0v) is 82.4. The molecule has 16 aromatic rings. The zero-order valence-electron chi connectivity index (χ0n) is 75.3. The van der Waals surface area contributed by atoms with Crippen molar-refractivity contribution in [2.24, 2.45) is 0 Å². The molecule has 2 aliphatic heterocycles. The van der Waals surface area contributed by atoms with Crippen molar-refractivity contribution in [2.75, 3.05) is 135 Å². The van der Waals surface area contributed by atoms with Crippen LogP contribution in [-0.2, 0) is 50.6 Å². The number of sulfone groups is 1. The first kappa shape index (κ1) is 99.0. The maximum atomic E-state index is 13.5. The standard InChI is InChI=1S/C27H28ClN5O4S.C26H27ClN6O3S.C24H21ClN4O3S.C22H16Cl2FN3O2S/c1-36-27-26(32-38(34,35)14-11-33-9-12-37-13-10-33)16-20(18-30-27)19-5-6-24-23(15-19)25(7-8-29-24)31-22-4-2-3-21(28)17-22;1-32-10-12-33(13-11-32)37(34,35)31-25-15-19(17-29-26(25)36-2)18-6-7-23-22(14-18)24(8-9-28-23)30-21-5-3-4-20(27)16-21;1-32-24-23(29-33(30,31)19-6-7-19)12-16(14-27-24)15-5-8-21-20(11-15)22(9-10-26-21)28-18-4-2-3-17(25)13-18;1-31(29,30)12-15-8-14(11-27-22(15)24)13-2-5-20-17(9-13)21(6-7-26-20)28-16-3-4-19(25)18(23)10-16/h2-8,15-18,32H,9-14H2,1H3,(H,29,31);3-9,14-17,31H,10-13H2,1-2H3,(H,28,30);2-5,8-14,19,29H,6-7H2,1H3,(H,26,28);2-11H,12H2,1H3,(H,26,28). The summed E-state index contributed by atoms with van der Waals surface area (Å²) in [5.74, 6) is -0.0924. The molecule has 0 spiro atoms. The first-order valence-electron chi connectivity index (χ1n) is 43.4. The number of methoxy groups -OCH3 is 3. The Morgan fingerprint density at radius 3 is 1.17 bits per heavy atom. The van der Waals surface area contributed by atoms with Gasteiger partial charge in [0.05, 0.1) is 78.4 Å². The van der Waals surface area contributed by atoms with E-state index >= 15 is 0 Å². The monoisotopic (exact) mass is 2050 g/mol. The molecule has 7 N–H and O–H groups in total. The van der Waals surface area contributed by atoms with Gasteiger partial charge in [0, 0.05) is 212 Å². The van der Waals surface area contributed by atoms with Gasteiger partial charge in [-0.25, -0.2) is 49.6 Å². The number of rotatable bonds is 28. The van der Waals surface area contributed by atoms with E-state index in [0.29, 0.717) is 90.8 Å². The molecule has 30 nitrogen and oxygen atoms in total. The Morgan fingerprint density at radius 2 is 0.784 bits per heavy atom. The molecule has 139 heavy (non-hydrogen) atoms. The molecule has 8 aromatic carbocycles. The molecule has 10 heterocycles. The Balaban J connectivity index is 0.000000134. The fraction of sp³-hybridized carbons (Fsp3) is 0.192. The largest absolute Gasteiger partial charge is 0.480 e. The molecule has 0 bridgehead atoms. The number of likely N-dealkylation sites (N-methyl/N-ethyl adjacent to an activating group) is 1. The predicted octanol–water partition coefficient (Wildman–Crippen LogP) is 21.0. The van der Waals surface area contributed by atoms with E-state index in [2.05, 4.69) is 85.1 Å². The van der Waals surface area contributed by atoms with E-state index in [-0.39, 0.29) is 55.9 Å². The second-order valence-corrected chi connectivity index (χ2v) is 42.3. The summed E-state index contributed by atoms with van der Waals surface area (Å²) in [6.07, 6.45) is 16.0. The molecule has 1 aliphatic carbocycles. The predicted molar refractivity (Wildman–Crippen MR) is 554 cm³/mol. The highest BCUT2D eigenvalue weighted by atomic mass is 35.5. The third-order valence-electron chi connectivity index (χ3n) is 22.6. The van der Waals surface area contributed by atoms with Crippen LogP contribution < -0.4 is 49.6 Å². The number of morpholine rings is 1. The summed E-state index contributed by atoms with van der Waals surface area (Å²) in [4.78, 5) is 39.2. The molecule has 0 radical (unpaired) electrons. The number of benzene rings is 8. The lowest BCUT2D eigenvalue weighted by molar-refractivity contribution is 0.0408. The van der Waals surface area contributed by atoms with Crippen molar-refractivity contribution >= 4 is 204 Å². The summed E-state index contributed by atoms with van der Waals surface area (Å²) in [6, 6.07) is 64.5. The van der Waals surface area contributed by atoms with Crippen LogP contribution in [0.5, 0.6) is 17.6 Å². The van der Waals surface area contributed by atoms with E-state index in [0.717, 1.165) is 147 Å². The number of hydrogen-bond acceptors (Lipinski definition) is 26. The van der Waals surface area contributed by atoms with Crippen LogP contribution in [-0.4, -0.2) is 192 Å². The van der Waals surface area contributed by atoms with E-state index < -0.39 is 45.9 Å². The number of halogens is 6. The van der Waals surface area contributed by atoms with Crippen molar-refractivity contribution in [3.8, 4) is 62.1 Å². The number of hydrogen-bond donors (Lipinski definition) is 7. The summed E-state index contributed by atoms with van der Waals surface area (Å²) in [5, 5.41) is 18.7. The highest BCUT2D eigenvalue weighted by Crippen LogP contribution is 2.41. The first-order valence-corrected chi connectivity index (χ1v) is 52.0. The van der Waals surface area contributed by atoms with E-state index in [1.807, 2.05) is 171 Å². The lowest BCUT2D eigenvalue weighted by atomic mass is 10.0. The van der Waals surface area contributed by atoms with Crippen molar-refractivity contribution in [1.29, 1.82) is 0 Å². The van der Waals surface area contributed by atoms with Crippen LogP contribution in [0.4, 0.5) is 67.0 Å². The number of fused-ring (bicyclic) bond motifs is 4. The van der Waals surface area contributed by atoms with E-state index in [1.54, 1.807) is 86.0 Å². The van der Waals surface area contributed by atoms with Gasteiger partial charge in [-0.2, -0.15) is 12.7 Å². The van der Waals surface area contributed by atoms with Gasteiger partial charge in [-0.3, -0.25) is 39.0 Å². The summed E-state index contributed by atoms with van der Waals surface area (Å²) in [6.45, 7) is 5.29. The number of piperazine rings is 1. The van der Waals surface area contributed by atoms with E-state index in [1.165, 1.54) is 37.8 Å². The summed E-state index contributed by atoms with van der Waals surface area (Å²) in [5.41, 5.74) is 17.4. The van der Waals surface area contributed by atoms with E-state index in [9.17, 15) is 38.1 Å². The average molecular weight is 2050 g/mol. The van der Waals surface area contributed by atoms with Crippen LogP contribution in [0.2, 0.25) is 25.2 Å². The minimum absolute atomic E-state index is 0.0229. The van der Waals surface area contributed by atoms with Gasteiger partial charge in [-0.15, -0.1) is 0 Å². The molecular formula is C99H92Cl5FN18O12S4. The number of anilines is 11. The normalized spacial score (nSPS) is 13.7. The van der Waals surface area contributed by atoms with Crippen molar-refractivity contribution in [2.45, 2.75) is 23.8 Å². The first-order chi connectivity index (χ1) is 66.8. The number of pyridine rings is 8. The van der Waals surface area contributed by atoms with Crippen molar-refractivity contribution in [1.82, 2.24) is 54.0 Å². The van der Waals surface area contributed by atoms with Gasteiger partial charge < -0.3 is 45.1 Å². The summed E-state index contributed by atoms with van der Waals surface area (Å²) < 4.78 is 145. The van der Waals surface area contributed by atoms with Gasteiger partial charge in [0.25, 0.3) is 0 Å². The Kier molecular flexibility index (Phi) is 31.4. The molecule has 3 fully saturated rings. The van der Waals surface area contributed by atoms with Gasteiger partial charge in [0.2, 0.25) is 37.7 Å². The third kappa shape index (κ3) is 25.8. The third-order valence-corrected chi connectivity index (χ3v) is 29.4. The van der Waals surface area contributed by atoms with Gasteiger partial charge in [-0.1, -0.05) is 100 Å².